The van der Waals surface area contributed by atoms with Crippen molar-refractivity contribution < 1.29 is 9.59 Å². The average molecular weight is 392 g/mol. The molecule has 1 aliphatic carbocycles. The lowest BCUT2D eigenvalue weighted by atomic mass is 9.90. The number of amides is 2. The van der Waals surface area contributed by atoms with E-state index in [2.05, 4.69) is 20.6 Å². The zero-order valence-electron chi connectivity index (χ0n) is 15.2. The number of rotatable bonds is 5. The number of aryl methyl sites for hydroxylation is 1. The van der Waals surface area contributed by atoms with Crippen LogP contribution >= 0.6 is 11.3 Å². The number of hydrogen-bond acceptors (Lipinski definition) is 5. The van der Waals surface area contributed by atoms with Crippen LogP contribution in [0.25, 0.3) is 0 Å². The Labute approximate surface area is 167 Å². The van der Waals surface area contributed by atoms with Crippen molar-refractivity contribution in [2.24, 2.45) is 0 Å². The van der Waals surface area contributed by atoms with Crippen molar-refractivity contribution in [1.82, 2.24) is 15.3 Å². The summed E-state index contributed by atoms with van der Waals surface area (Å²) in [7, 11) is 0. The van der Waals surface area contributed by atoms with E-state index in [0.717, 1.165) is 35.4 Å². The number of nitrogens with zero attached hydrogens (tertiary/aromatic N) is 2. The quantitative estimate of drug-likeness (QED) is 0.696. The summed E-state index contributed by atoms with van der Waals surface area (Å²) in [5.74, 6) is -0.487. The first-order chi connectivity index (χ1) is 13.7. The maximum Gasteiger partial charge on any atom is 0.257 e. The number of aromatic nitrogens is 2. The molecular formula is C21H20N4O2S. The molecule has 1 aliphatic rings. The zero-order chi connectivity index (χ0) is 19.3. The Hall–Kier alpha value is -3.06. The Balaban J connectivity index is 1.45. The maximum absolute atomic E-state index is 12.7. The molecule has 6 nitrogen and oxygen atoms in total. The molecule has 0 fully saturated rings. The number of nitrogens with one attached hydrogen (secondary N) is 2. The Morgan fingerprint density at radius 3 is 2.68 bits per heavy atom. The van der Waals surface area contributed by atoms with E-state index in [-0.39, 0.29) is 17.7 Å². The van der Waals surface area contributed by atoms with Crippen LogP contribution in [0.15, 0.2) is 54.9 Å². The molecule has 1 aromatic carbocycles. The molecule has 1 atom stereocenters. The maximum atomic E-state index is 12.7. The van der Waals surface area contributed by atoms with Gasteiger partial charge in [0.1, 0.15) is 0 Å². The molecule has 0 saturated carbocycles. The highest BCUT2D eigenvalue weighted by Crippen LogP contribution is 2.37. The Morgan fingerprint density at radius 1 is 1.11 bits per heavy atom. The lowest BCUT2D eigenvalue weighted by Gasteiger charge is -2.20. The van der Waals surface area contributed by atoms with E-state index in [1.165, 1.54) is 11.3 Å². The van der Waals surface area contributed by atoms with Crippen LogP contribution in [0.2, 0.25) is 0 Å². The third-order valence-electron chi connectivity index (χ3n) is 4.74. The van der Waals surface area contributed by atoms with Gasteiger partial charge in [-0.1, -0.05) is 18.2 Å². The third kappa shape index (κ3) is 4.09. The number of fused-ring (bicyclic) bond motifs is 1. The Bertz CT molecular complexity index is 973. The van der Waals surface area contributed by atoms with E-state index < -0.39 is 0 Å². The molecule has 2 N–H and O–H groups in total. The minimum atomic E-state index is -0.274. The monoisotopic (exact) mass is 392 g/mol. The summed E-state index contributed by atoms with van der Waals surface area (Å²) < 4.78 is 0. The van der Waals surface area contributed by atoms with Crippen molar-refractivity contribution in [1.29, 1.82) is 0 Å². The number of hydrogen-bond donors (Lipinski definition) is 2. The van der Waals surface area contributed by atoms with Gasteiger partial charge < -0.3 is 5.32 Å². The molecule has 142 valence electrons. The summed E-state index contributed by atoms with van der Waals surface area (Å²) >= 11 is 1.46. The van der Waals surface area contributed by atoms with Gasteiger partial charge in [-0.15, -0.1) is 11.3 Å². The van der Waals surface area contributed by atoms with E-state index in [1.807, 2.05) is 30.3 Å². The van der Waals surface area contributed by atoms with Crippen LogP contribution in [0.3, 0.4) is 0 Å². The second-order valence-electron chi connectivity index (χ2n) is 6.67. The van der Waals surface area contributed by atoms with Gasteiger partial charge in [0.2, 0.25) is 5.91 Å². The van der Waals surface area contributed by atoms with Gasteiger partial charge in [-0.05, 0) is 49.1 Å². The number of benzene rings is 1. The second kappa shape index (κ2) is 8.31. The zero-order valence-corrected chi connectivity index (χ0v) is 16.0. The van der Waals surface area contributed by atoms with Crippen molar-refractivity contribution in [3.05, 3.63) is 76.6 Å². The minimum Gasteiger partial charge on any atom is -0.351 e. The van der Waals surface area contributed by atoms with Gasteiger partial charge in [0.25, 0.3) is 5.91 Å². The van der Waals surface area contributed by atoms with Crippen LogP contribution in [0.1, 0.15) is 45.3 Å². The highest BCUT2D eigenvalue weighted by molar-refractivity contribution is 7.15. The fourth-order valence-electron chi connectivity index (χ4n) is 3.30. The SMILES string of the molecule is O=C(Nc1nc2c(s1)CCCC2C(=O)NCc1ccncc1)c1ccccc1. The average Bonchev–Trinajstić information content (AvgIpc) is 3.15. The first kappa shape index (κ1) is 18.3. The predicted octanol–water partition coefficient (Wildman–Crippen LogP) is 3.53. The number of thiazole rings is 1. The number of pyridine rings is 1. The molecule has 4 rings (SSSR count). The molecule has 2 aromatic heterocycles. The van der Waals surface area contributed by atoms with E-state index in [9.17, 15) is 9.59 Å². The first-order valence-corrected chi connectivity index (χ1v) is 10.0. The molecule has 2 amide bonds. The summed E-state index contributed by atoms with van der Waals surface area (Å²) in [5, 5.41) is 6.41. The second-order valence-corrected chi connectivity index (χ2v) is 7.75. The highest BCUT2D eigenvalue weighted by Gasteiger charge is 2.30. The minimum absolute atomic E-state index is 0.0241. The van der Waals surface area contributed by atoms with E-state index in [0.29, 0.717) is 17.2 Å². The van der Waals surface area contributed by atoms with Gasteiger partial charge in [-0.3, -0.25) is 19.9 Å². The molecule has 0 saturated heterocycles. The first-order valence-electron chi connectivity index (χ1n) is 9.23. The number of carbonyl (C=O) groups is 2. The lowest BCUT2D eigenvalue weighted by Crippen LogP contribution is -2.31. The Morgan fingerprint density at radius 2 is 1.89 bits per heavy atom. The summed E-state index contributed by atoms with van der Waals surface area (Å²) in [4.78, 5) is 34.8. The molecule has 0 radical (unpaired) electrons. The van der Waals surface area contributed by atoms with Crippen molar-refractivity contribution in [2.75, 3.05) is 5.32 Å². The van der Waals surface area contributed by atoms with E-state index >= 15 is 0 Å². The topological polar surface area (TPSA) is 84.0 Å². The molecule has 2 heterocycles. The van der Waals surface area contributed by atoms with Crippen LogP contribution < -0.4 is 10.6 Å². The highest BCUT2D eigenvalue weighted by atomic mass is 32.1. The normalized spacial score (nSPS) is 15.5. The van der Waals surface area contributed by atoms with E-state index in [1.54, 1.807) is 24.5 Å². The van der Waals surface area contributed by atoms with Crippen LogP contribution in [-0.4, -0.2) is 21.8 Å². The van der Waals surface area contributed by atoms with Crippen molar-refractivity contribution in [3.63, 3.8) is 0 Å². The van der Waals surface area contributed by atoms with Crippen LogP contribution in [0.4, 0.5) is 5.13 Å². The van der Waals surface area contributed by atoms with Gasteiger partial charge >= 0.3 is 0 Å². The smallest absolute Gasteiger partial charge is 0.257 e. The molecule has 3 aromatic rings. The molecule has 7 heteroatoms. The Kier molecular flexibility index (Phi) is 5.43. The van der Waals surface area contributed by atoms with E-state index in [4.69, 9.17) is 0 Å². The molecule has 1 unspecified atom stereocenters. The van der Waals surface area contributed by atoms with Gasteiger partial charge in [0, 0.05) is 29.4 Å². The van der Waals surface area contributed by atoms with Gasteiger partial charge in [0.15, 0.2) is 5.13 Å². The largest absolute Gasteiger partial charge is 0.351 e. The van der Waals surface area contributed by atoms with Crippen molar-refractivity contribution in [3.8, 4) is 0 Å². The molecule has 0 spiro atoms. The summed E-state index contributed by atoms with van der Waals surface area (Å²) in [6.45, 7) is 0.467. The number of anilines is 1. The van der Waals surface area contributed by atoms with Crippen molar-refractivity contribution in [2.45, 2.75) is 31.7 Å². The molecule has 0 bridgehead atoms. The molecule has 28 heavy (non-hydrogen) atoms. The number of carbonyl (C=O) groups excluding carboxylic acids is 2. The van der Waals surface area contributed by atoms with Crippen molar-refractivity contribution >= 4 is 28.3 Å². The fourth-order valence-corrected chi connectivity index (χ4v) is 4.36. The summed E-state index contributed by atoms with van der Waals surface area (Å²) in [5.41, 5.74) is 2.39. The summed E-state index contributed by atoms with van der Waals surface area (Å²) in [6, 6.07) is 12.8. The lowest BCUT2D eigenvalue weighted by molar-refractivity contribution is -0.123. The van der Waals surface area contributed by atoms with Crippen LogP contribution in [0.5, 0.6) is 0 Å². The molecule has 0 aliphatic heterocycles. The van der Waals surface area contributed by atoms with Gasteiger partial charge in [0.05, 0.1) is 11.6 Å². The van der Waals surface area contributed by atoms with Crippen LogP contribution in [-0.2, 0) is 17.8 Å². The predicted molar refractivity (Wildman–Crippen MR) is 108 cm³/mol. The molecular weight excluding hydrogens is 372 g/mol. The third-order valence-corrected chi connectivity index (χ3v) is 5.79. The standard InChI is InChI=1S/C21H20N4O2S/c26-19(15-5-2-1-3-6-15)25-21-24-18-16(7-4-8-17(18)28-21)20(27)23-13-14-9-11-22-12-10-14/h1-3,5-6,9-12,16H,4,7-8,13H2,(H,23,27)(H,24,25,26). The van der Waals surface area contributed by atoms with Crippen LogP contribution in [0, 0.1) is 0 Å². The van der Waals surface area contributed by atoms with Gasteiger partial charge in [-0.25, -0.2) is 4.98 Å². The summed E-state index contributed by atoms with van der Waals surface area (Å²) in [6.07, 6.45) is 6.02. The fraction of sp³-hybridized carbons (Fsp3) is 0.238. The van der Waals surface area contributed by atoms with Gasteiger partial charge in [-0.2, -0.15) is 0 Å².